The number of rotatable bonds is 5. The van der Waals surface area contributed by atoms with Crippen LogP contribution in [0.1, 0.15) is 5.56 Å². The van der Waals surface area contributed by atoms with Crippen LogP contribution < -0.4 is 0 Å². The molecule has 2 atom stereocenters. The van der Waals surface area contributed by atoms with Crippen LogP contribution in [0.4, 0.5) is 0 Å². The second-order valence-electron chi connectivity index (χ2n) is 6.38. The van der Waals surface area contributed by atoms with Crippen LogP contribution in [0.5, 0.6) is 5.75 Å². The van der Waals surface area contributed by atoms with Crippen LogP contribution in [0.2, 0.25) is 0 Å². The van der Waals surface area contributed by atoms with Gasteiger partial charge in [0.15, 0.2) is 9.84 Å². The molecule has 0 saturated carbocycles. The van der Waals surface area contributed by atoms with Gasteiger partial charge >= 0.3 is 0 Å². The van der Waals surface area contributed by atoms with Crippen molar-refractivity contribution in [3.8, 4) is 5.75 Å². The zero-order valence-corrected chi connectivity index (χ0v) is 14.2. The summed E-state index contributed by atoms with van der Waals surface area (Å²) in [5.41, 5.74) is 1.01. The Morgan fingerprint density at radius 3 is 2.61 bits per heavy atom. The van der Waals surface area contributed by atoms with Gasteiger partial charge in [-0.25, -0.2) is 8.42 Å². The number of piperazine rings is 1. The van der Waals surface area contributed by atoms with E-state index in [-0.39, 0.29) is 29.3 Å². The van der Waals surface area contributed by atoms with Crippen LogP contribution in [-0.4, -0.2) is 80.3 Å². The first-order chi connectivity index (χ1) is 11.0. The van der Waals surface area contributed by atoms with Gasteiger partial charge in [0.05, 0.1) is 18.1 Å². The minimum Gasteiger partial charge on any atom is -0.508 e. The lowest BCUT2D eigenvalue weighted by atomic mass is 10.0. The van der Waals surface area contributed by atoms with Crippen LogP contribution >= 0.6 is 0 Å². The number of benzene rings is 1. The van der Waals surface area contributed by atoms with Crippen LogP contribution in [0, 0.1) is 0 Å². The maximum Gasteiger partial charge on any atom is 0.153 e. The highest BCUT2D eigenvalue weighted by Gasteiger charge is 2.46. The van der Waals surface area contributed by atoms with E-state index in [1.54, 1.807) is 19.2 Å². The fraction of sp³-hybridized carbons (Fsp3) is 0.625. The van der Waals surface area contributed by atoms with Crippen molar-refractivity contribution in [1.82, 2.24) is 9.80 Å². The topological polar surface area (TPSA) is 70.1 Å². The lowest BCUT2D eigenvalue weighted by Crippen LogP contribution is -2.59. The van der Waals surface area contributed by atoms with Gasteiger partial charge < -0.3 is 9.84 Å². The van der Waals surface area contributed by atoms with E-state index >= 15 is 0 Å². The molecular weight excluding hydrogens is 316 g/mol. The number of phenolic OH excluding ortho intramolecular Hbond substituents is 1. The van der Waals surface area contributed by atoms with Crippen LogP contribution in [-0.2, 0) is 21.1 Å². The highest BCUT2D eigenvalue weighted by molar-refractivity contribution is 7.91. The quantitative estimate of drug-likeness (QED) is 0.833. The van der Waals surface area contributed by atoms with E-state index in [1.165, 1.54) is 0 Å². The normalized spacial score (nSPS) is 27.9. The van der Waals surface area contributed by atoms with Gasteiger partial charge in [0.2, 0.25) is 0 Å². The van der Waals surface area contributed by atoms with E-state index in [1.807, 2.05) is 12.1 Å². The average molecular weight is 340 g/mol. The van der Waals surface area contributed by atoms with Crippen molar-refractivity contribution in [2.75, 3.05) is 44.9 Å². The molecule has 1 aromatic rings. The summed E-state index contributed by atoms with van der Waals surface area (Å²) in [6.07, 6.45) is 0. The minimum atomic E-state index is -2.99. The number of nitrogens with zero attached hydrogens (tertiary/aromatic N) is 2. The Kier molecular flexibility index (Phi) is 4.91. The van der Waals surface area contributed by atoms with Gasteiger partial charge in [-0.2, -0.15) is 0 Å². The number of methoxy groups -OCH3 is 1. The standard InChI is InChI=1S/C16H24N2O4S/c1-22-8-7-17-5-6-18(10-13-3-2-4-14(19)9-13)16-12-23(20,21)11-15(16)17/h2-4,9,15-16,19H,5-8,10-12H2,1H3/t15-,16+/m0/s1. The molecule has 2 aliphatic rings. The van der Waals surface area contributed by atoms with Crippen LogP contribution in [0.25, 0.3) is 0 Å². The van der Waals surface area contributed by atoms with E-state index in [9.17, 15) is 13.5 Å². The molecule has 0 amide bonds. The maximum atomic E-state index is 12.1. The summed E-state index contributed by atoms with van der Waals surface area (Å²) in [4.78, 5) is 4.49. The lowest BCUT2D eigenvalue weighted by molar-refractivity contribution is 0.0252. The molecule has 2 fully saturated rings. The fourth-order valence-electron chi connectivity index (χ4n) is 3.67. The van der Waals surface area contributed by atoms with Crippen molar-refractivity contribution in [2.24, 2.45) is 0 Å². The van der Waals surface area contributed by atoms with E-state index in [0.717, 1.165) is 25.2 Å². The first-order valence-corrected chi connectivity index (χ1v) is 9.76. The SMILES string of the molecule is COCCN1CCN(Cc2cccc(O)c2)[C@@H]2CS(=O)(=O)C[C@@H]21. The van der Waals surface area contributed by atoms with Gasteiger partial charge in [-0.1, -0.05) is 12.1 Å². The maximum absolute atomic E-state index is 12.1. The number of hydrogen-bond donors (Lipinski definition) is 1. The number of hydrogen-bond acceptors (Lipinski definition) is 6. The van der Waals surface area contributed by atoms with Gasteiger partial charge in [0.1, 0.15) is 5.75 Å². The Hall–Kier alpha value is -1.15. The molecule has 2 saturated heterocycles. The summed E-state index contributed by atoms with van der Waals surface area (Å²) in [6.45, 7) is 3.74. The Morgan fingerprint density at radius 1 is 1.22 bits per heavy atom. The number of sulfone groups is 1. The number of aromatic hydroxyl groups is 1. The molecule has 128 valence electrons. The van der Waals surface area contributed by atoms with Gasteiger partial charge in [-0.3, -0.25) is 9.80 Å². The molecule has 7 heteroatoms. The van der Waals surface area contributed by atoms with Crippen molar-refractivity contribution < 1.29 is 18.3 Å². The largest absolute Gasteiger partial charge is 0.508 e. The third-order valence-corrected chi connectivity index (χ3v) is 6.48. The minimum absolute atomic E-state index is 0.0213. The molecule has 2 aliphatic heterocycles. The molecule has 1 aromatic carbocycles. The highest BCUT2D eigenvalue weighted by atomic mass is 32.2. The molecular formula is C16H24N2O4S. The molecule has 2 heterocycles. The van der Waals surface area contributed by atoms with Gasteiger partial charge in [-0.15, -0.1) is 0 Å². The second kappa shape index (κ2) is 6.76. The summed E-state index contributed by atoms with van der Waals surface area (Å²) in [7, 11) is -1.33. The first kappa shape index (κ1) is 16.7. The summed E-state index contributed by atoms with van der Waals surface area (Å²) >= 11 is 0. The predicted molar refractivity (Wildman–Crippen MR) is 88.2 cm³/mol. The molecule has 0 aliphatic carbocycles. The fourth-order valence-corrected chi connectivity index (χ4v) is 5.71. The molecule has 23 heavy (non-hydrogen) atoms. The zero-order chi connectivity index (χ0) is 16.4. The summed E-state index contributed by atoms with van der Waals surface area (Å²) in [5.74, 6) is 0.703. The summed E-state index contributed by atoms with van der Waals surface area (Å²) in [6, 6.07) is 7.25. The van der Waals surface area contributed by atoms with E-state index < -0.39 is 9.84 Å². The molecule has 0 radical (unpaired) electrons. The molecule has 0 unspecified atom stereocenters. The zero-order valence-electron chi connectivity index (χ0n) is 13.4. The van der Waals surface area contributed by atoms with E-state index in [4.69, 9.17) is 4.74 Å². The summed E-state index contributed by atoms with van der Waals surface area (Å²) < 4.78 is 29.4. The van der Waals surface area contributed by atoms with Crippen molar-refractivity contribution in [3.63, 3.8) is 0 Å². The van der Waals surface area contributed by atoms with Gasteiger partial charge in [0.25, 0.3) is 0 Å². The molecule has 0 bridgehead atoms. The first-order valence-electron chi connectivity index (χ1n) is 7.94. The average Bonchev–Trinajstić information content (AvgIpc) is 2.82. The third-order valence-electron chi connectivity index (χ3n) is 4.78. The van der Waals surface area contributed by atoms with E-state index in [2.05, 4.69) is 9.80 Å². The predicted octanol–water partition coefficient (Wildman–Crippen LogP) is 0.322. The third kappa shape index (κ3) is 3.85. The second-order valence-corrected chi connectivity index (χ2v) is 8.53. The molecule has 0 spiro atoms. The van der Waals surface area contributed by atoms with Crippen molar-refractivity contribution >= 4 is 9.84 Å². The van der Waals surface area contributed by atoms with Crippen LogP contribution in [0.3, 0.4) is 0 Å². The molecule has 6 nitrogen and oxygen atoms in total. The van der Waals surface area contributed by atoms with Crippen molar-refractivity contribution in [2.45, 2.75) is 18.6 Å². The number of fused-ring (bicyclic) bond motifs is 1. The number of ether oxygens (including phenoxy) is 1. The Bertz CT molecular complexity index is 649. The monoisotopic (exact) mass is 340 g/mol. The summed E-state index contributed by atoms with van der Waals surface area (Å²) in [5, 5.41) is 9.62. The molecule has 3 rings (SSSR count). The smallest absolute Gasteiger partial charge is 0.153 e. The molecule has 0 aromatic heterocycles. The van der Waals surface area contributed by atoms with Crippen LogP contribution in [0.15, 0.2) is 24.3 Å². The van der Waals surface area contributed by atoms with Crippen molar-refractivity contribution in [3.05, 3.63) is 29.8 Å². The van der Waals surface area contributed by atoms with Gasteiger partial charge in [-0.05, 0) is 17.7 Å². The van der Waals surface area contributed by atoms with Crippen molar-refractivity contribution in [1.29, 1.82) is 0 Å². The Labute approximate surface area is 137 Å². The lowest BCUT2D eigenvalue weighted by Gasteiger charge is -2.44. The van der Waals surface area contributed by atoms with E-state index in [0.29, 0.717) is 13.2 Å². The molecule has 1 N–H and O–H groups in total. The Balaban J connectivity index is 1.75. The number of phenols is 1. The highest BCUT2D eigenvalue weighted by Crippen LogP contribution is 2.28. The van der Waals surface area contributed by atoms with Gasteiger partial charge in [0, 0.05) is 45.4 Å². The Morgan fingerprint density at radius 2 is 1.91 bits per heavy atom.